The van der Waals surface area contributed by atoms with Gasteiger partial charge in [-0.25, -0.2) is 15.0 Å². The smallest absolute Gasteiger partial charge is 0.338 e. The first-order valence-electron chi connectivity index (χ1n) is 11.8. The van der Waals surface area contributed by atoms with Gasteiger partial charge < -0.3 is 29.6 Å². The predicted molar refractivity (Wildman–Crippen MR) is 143 cm³/mol. The number of ether oxygens (including phenoxy) is 4. The third kappa shape index (κ3) is 7.25. The van der Waals surface area contributed by atoms with E-state index in [4.69, 9.17) is 18.9 Å². The minimum Gasteiger partial charge on any atom is -0.493 e. The van der Waals surface area contributed by atoms with Crippen molar-refractivity contribution in [3.63, 3.8) is 0 Å². The summed E-state index contributed by atoms with van der Waals surface area (Å²) < 4.78 is 22.6. The van der Waals surface area contributed by atoms with E-state index in [1.807, 2.05) is 19.1 Å². The van der Waals surface area contributed by atoms with Crippen LogP contribution < -0.4 is 30.3 Å². The first-order valence-corrected chi connectivity index (χ1v) is 12.6. The van der Waals surface area contributed by atoms with Gasteiger partial charge in [0, 0.05) is 15.7 Å². The van der Waals surface area contributed by atoms with Crippen LogP contribution in [-0.2, 0) is 14.3 Å². The quantitative estimate of drug-likeness (QED) is 0.207. The van der Waals surface area contributed by atoms with Crippen molar-refractivity contribution >= 4 is 40.1 Å². The van der Waals surface area contributed by atoms with Crippen molar-refractivity contribution < 1.29 is 33.3 Å². The fraction of sp³-hybridized carbons (Fsp3) is 0.308. The molecule has 12 heteroatoms. The Morgan fingerprint density at radius 1 is 1.08 bits per heavy atom. The monoisotopic (exact) mass is 588 g/mol. The zero-order valence-electron chi connectivity index (χ0n) is 21.4. The van der Waals surface area contributed by atoms with Crippen LogP contribution in [0.1, 0.15) is 37.9 Å². The maximum atomic E-state index is 12.5. The number of benzene rings is 2. The summed E-state index contributed by atoms with van der Waals surface area (Å²) >= 11 is 3.40. The highest BCUT2D eigenvalue weighted by Crippen LogP contribution is 2.34. The topological polar surface area (TPSA) is 137 Å². The lowest BCUT2D eigenvalue weighted by atomic mass is 9.95. The van der Waals surface area contributed by atoms with E-state index >= 15 is 0 Å². The standard InChI is InChI=1S/C26H29BrN4O7/c1-5-36-19-10-8-18(27)11-17(19)13-28-31-22(32)14-38-20-9-7-16(12-21(20)35-4)24-23(25(33)37-6-2)15(3)29-26(34)30-24/h7-13,24H,5-6,14H2,1-4H3,(H,31,32)(H2,29,30,34)/b28-13-/t24-/m1/s1. The van der Waals surface area contributed by atoms with Crippen LogP contribution in [0.25, 0.3) is 0 Å². The highest BCUT2D eigenvalue weighted by Gasteiger charge is 2.32. The molecule has 0 spiro atoms. The van der Waals surface area contributed by atoms with Crippen molar-refractivity contribution in [1.82, 2.24) is 16.1 Å². The predicted octanol–water partition coefficient (Wildman–Crippen LogP) is 3.58. The Bertz CT molecular complexity index is 1260. The number of methoxy groups -OCH3 is 1. The van der Waals surface area contributed by atoms with E-state index in [1.54, 1.807) is 38.1 Å². The summed E-state index contributed by atoms with van der Waals surface area (Å²) in [7, 11) is 1.44. The molecule has 2 aromatic rings. The molecule has 0 aliphatic carbocycles. The molecule has 1 heterocycles. The molecule has 1 aliphatic rings. The first-order chi connectivity index (χ1) is 18.3. The van der Waals surface area contributed by atoms with Crippen LogP contribution in [0.4, 0.5) is 4.79 Å². The third-order valence-corrected chi connectivity index (χ3v) is 5.80. The Morgan fingerprint density at radius 2 is 1.84 bits per heavy atom. The molecule has 1 atom stereocenters. The molecule has 11 nitrogen and oxygen atoms in total. The van der Waals surface area contributed by atoms with Crippen molar-refractivity contribution in [2.24, 2.45) is 5.10 Å². The number of esters is 1. The summed E-state index contributed by atoms with van der Waals surface area (Å²) in [6.45, 7) is 5.56. The van der Waals surface area contributed by atoms with Crippen molar-refractivity contribution in [3.8, 4) is 17.2 Å². The van der Waals surface area contributed by atoms with E-state index in [0.29, 0.717) is 40.7 Å². The van der Waals surface area contributed by atoms with Crippen molar-refractivity contribution in [3.05, 3.63) is 63.3 Å². The first kappa shape index (κ1) is 28.5. The second-order valence-corrected chi connectivity index (χ2v) is 8.81. The molecule has 0 bridgehead atoms. The van der Waals surface area contributed by atoms with E-state index in [0.717, 1.165) is 4.47 Å². The number of hydrazone groups is 1. The van der Waals surface area contributed by atoms with Crippen LogP contribution in [0, 0.1) is 0 Å². The Morgan fingerprint density at radius 3 is 2.55 bits per heavy atom. The van der Waals surface area contributed by atoms with E-state index in [2.05, 4.69) is 37.1 Å². The minimum absolute atomic E-state index is 0.190. The average Bonchev–Trinajstić information content (AvgIpc) is 2.88. The molecule has 0 saturated heterocycles. The molecule has 0 unspecified atom stereocenters. The average molecular weight is 589 g/mol. The van der Waals surface area contributed by atoms with Crippen LogP contribution >= 0.6 is 15.9 Å². The van der Waals surface area contributed by atoms with Gasteiger partial charge in [0.2, 0.25) is 0 Å². The molecule has 38 heavy (non-hydrogen) atoms. The lowest BCUT2D eigenvalue weighted by molar-refractivity contribution is -0.139. The van der Waals surface area contributed by atoms with Gasteiger partial charge in [-0.2, -0.15) is 5.10 Å². The fourth-order valence-electron chi connectivity index (χ4n) is 3.66. The SMILES string of the molecule is CCOC(=O)C1=C(C)NC(=O)N[C@@H]1c1ccc(OCC(=O)N/N=C\c2cc(Br)ccc2OCC)c(OC)c1. The second-order valence-electron chi connectivity index (χ2n) is 7.90. The van der Waals surface area contributed by atoms with Gasteiger partial charge in [-0.3, -0.25) is 4.79 Å². The number of halogens is 1. The Hall–Kier alpha value is -4.06. The summed E-state index contributed by atoms with van der Waals surface area (Å²) in [5.41, 5.74) is 4.34. The van der Waals surface area contributed by atoms with E-state index < -0.39 is 23.9 Å². The molecule has 202 valence electrons. The van der Waals surface area contributed by atoms with Gasteiger partial charge in [0.1, 0.15) is 5.75 Å². The Labute approximate surface area is 228 Å². The maximum absolute atomic E-state index is 12.5. The van der Waals surface area contributed by atoms with Gasteiger partial charge in [-0.15, -0.1) is 0 Å². The number of carbonyl (C=O) groups excluding carboxylic acids is 3. The normalized spacial score (nSPS) is 15.0. The lowest BCUT2D eigenvalue weighted by Crippen LogP contribution is -2.45. The molecule has 0 radical (unpaired) electrons. The van der Waals surface area contributed by atoms with Crippen molar-refractivity contribution in [2.75, 3.05) is 26.9 Å². The number of urea groups is 1. The van der Waals surface area contributed by atoms with Gasteiger partial charge in [0.25, 0.3) is 5.91 Å². The molecule has 2 aromatic carbocycles. The van der Waals surface area contributed by atoms with Gasteiger partial charge in [-0.1, -0.05) is 22.0 Å². The summed E-state index contributed by atoms with van der Waals surface area (Å²) in [6, 6.07) is 9.14. The summed E-state index contributed by atoms with van der Waals surface area (Å²) in [5.74, 6) is 0.197. The van der Waals surface area contributed by atoms with Crippen LogP contribution in [0.5, 0.6) is 17.2 Å². The zero-order valence-corrected chi connectivity index (χ0v) is 23.0. The van der Waals surface area contributed by atoms with E-state index in [9.17, 15) is 14.4 Å². The molecular formula is C26H29BrN4O7. The number of carbonyl (C=O) groups is 3. The minimum atomic E-state index is -0.761. The number of rotatable bonds is 11. The number of amides is 3. The molecule has 1 aliphatic heterocycles. The summed E-state index contributed by atoms with van der Waals surface area (Å²) in [5, 5.41) is 9.29. The highest BCUT2D eigenvalue weighted by molar-refractivity contribution is 9.10. The third-order valence-electron chi connectivity index (χ3n) is 5.31. The zero-order chi connectivity index (χ0) is 27.7. The van der Waals surface area contributed by atoms with Crippen molar-refractivity contribution in [2.45, 2.75) is 26.8 Å². The lowest BCUT2D eigenvalue weighted by Gasteiger charge is -2.28. The van der Waals surface area contributed by atoms with Crippen LogP contribution in [0.3, 0.4) is 0 Å². The van der Waals surface area contributed by atoms with Crippen LogP contribution in [0.15, 0.2) is 57.2 Å². The second kappa shape index (κ2) is 13.5. The van der Waals surface area contributed by atoms with Crippen LogP contribution in [0.2, 0.25) is 0 Å². The molecule has 0 saturated carbocycles. The molecular weight excluding hydrogens is 560 g/mol. The number of hydrogen-bond donors (Lipinski definition) is 3. The summed E-state index contributed by atoms with van der Waals surface area (Å²) in [6.07, 6.45) is 1.48. The maximum Gasteiger partial charge on any atom is 0.338 e. The molecule has 3 amide bonds. The molecule has 3 rings (SSSR count). The molecule has 0 aromatic heterocycles. The number of nitrogens with one attached hydrogen (secondary N) is 3. The van der Waals surface area contributed by atoms with E-state index in [1.165, 1.54) is 13.3 Å². The molecule has 3 N–H and O–H groups in total. The fourth-order valence-corrected chi connectivity index (χ4v) is 4.04. The van der Waals surface area contributed by atoms with Gasteiger partial charge in [-0.05, 0) is 56.7 Å². The van der Waals surface area contributed by atoms with Gasteiger partial charge in [0.15, 0.2) is 18.1 Å². The number of hydrogen-bond acceptors (Lipinski definition) is 8. The van der Waals surface area contributed by atoms with Gasteiger partial charge >= 0.3 is 12.0 Å². The van der Waals surface area contributed by atoms with Crippen LogP contribution in [-0.4, -0.2) is 51.1 Å². The number of nitrogens with zero attached hydrogens (tertiary/aromatic N) is 1. The van der Waals surface area contributed by atoms with E-state index in [-0.39, 0.29) is 18.8 Å². The highest BCUT2D eigenvalue weighted by atomic mass is 79.9. The molecule has 0 fully saturated rings. The largest absolute Gasteiger partial charge is 0.493 e. The Kier molecular flexibility index (Phi) is 10.1. The van der Waals surface area contributed by atoms with Crippen molar-refractivity contribution in [1.29, 1.82) is 0 Å². The van der Waals surface area contributed by atoms with Gasteiger partial charge in [0.05, 0.1) is 38.2 Å². The summed E-state index contributed by atoms with van der Waals surface area (Å²) in [4.78, 5) is 37.0. The Balaban J connectivity index is 1.69. The number of allylic oxidation sites excluding steroid dienone is 1.